The molecule has 1 aliphatic heterocycles. The van der Waals surface area contributed by atoms with Gasteiger partial charge in [-0.2, -0.15) is 13.2 Å². The van der Waals surface area contributed by atoms with Crippen LogP contribution in [-0.2, 0) is 14.3 Å². The molecular weight excluding hydrogens is 255 g/mol. The number of carbonyl (C=O) groups is 2. The van der Waals surface area contributed by atoms with Crippen molar-refractivity contribution in [2.24, 2.45) is 0 Å². The van der Waals surface area contributed by atoms with Crippen LogP contribution in [0.4, 0.5) is 13.2 Å². The van der Waals surface area contributed by atoms with E-state index in [9.17, 15) is 22.8 Å². The van der Waals surface area contributed by atoms with Crippen molar-refractivity contribution in [1.29, 1.82) is 0 Å². The molecule has 0 bridgehead atoms. The van der Waals surface area contributed by atoms with E-state index in [-0.39, 0.29) is 13.0 Å². The maximum atomic E-state index is 12.0. The van der Waals surface area contributed by atoms with Crippen molar-refractivity contribution >= 4 is 11.9 Å². The van der Waals surface area contributed by atoms with Crippen LogP contribution in [0.3, 0.4) is 0 Å². The molecule has 1 N–H and O–H groups in total. The summed E-state index contributed by atoms with van der Waals surface area (Å²) in [6, 6.07) is -1.10. The summed E-state index contributed by atoms with van der Waals surface area (Å²) in [5.41, 5.74) is 0. The Labute approximate surface area is 102 Å². The van der Waals surface area contributed by atoms with Crippen LogP contribution in [0.2, 0.25) is 0 Å². The average molecular weight is 269 g/mol. The molecule has 5 nitrogen and oxygen atoms in total. The Morgan fingerprint density at radius 3 is 2.50 bits per heavy atom. The first-order chi connectivity index (χ1) is 8.24. The number of ether oxygens (including phenoxy) is 1. The number of likely N-dealkylation sites (tertiary alicyclic amines) is 1. The SMILES string of the molecule is COC1CC(C(=O)O)N(C(=O)CCC(F)(F)F)C1. The Balaban J connectivity index is 2.62. The third kappa shape index (κ3) is 3.86. The molecule has 0 aliphatic carbocycles. The van der Waals surface area contributed by atoms with E-state index < -0.39 is 43.0 Å². The van der Waals surface area contributed by atoms with Crippen LogP contribution in [0, 0.1) is 0 Å². The largest absolute Gasteiger partial charge is 0.480 e. The number of halogens is 3. The van der Waals surface area contributed by atoms with Crippen molar-refractivity contribution in [3.8, 4) is 0 Å². The normalized spacial score (nSPS) is 24.3. The highest BCUT2D eigenvalue weighted by atomic mass is 19.4. The zero-order valence-electron chi connectivity index (χ0n) is 9.74. The fourth-order valence-corrected chi connectivity index (χ4v) is 1.87. The maximum Gasteiger partial charge on any atom is 0.389 e. The lowest BCUT2D eigenvalue weighted by atomic mass is 10.2. The van der Waals surface area contributed by atoms with Crippen molar-refractivity contribution in [2.75, 3.05) is 13.7 Å². The Morgan fingerprint density at radius 2 is 2.06 bits per heavy atom. The second-order valence-electron chi connectivity index (χ2n) is 4.11. The smallest absolute Gasteiger partial charge is 0.389 e. The number of aliphatic carboxylic acids is 1. The fourth-order valence-electron chi connectivity index (χ4n) is 1.87. The first-order valence-corrected chi connectivity index (χ1v) is 5.36. The summed E-state index contributed by atoms with van der Waals surface area (Å²) in [4.78, 5) is 23.4. The summed E-state index contributed by atoms with van der Waals surface area (Å²) in [5.74, 6) is -2.03. The topological polar surface area (TPSA) is 66.8 Å². The van der Waals surface area contributed by atoms with Crippen LogP contribution in [0.1, 0.15) is 19.3 Å². The molecule has 104 valence electrons. The van der Waals surface area contributed by atoms with E-state index in [0.29, 0.717) is 0 Å². The predicted molar refractivity (Wildman–Crippen MR) is 53.8 cm³/mol. The number of hydrogen-bond acceptors (Lipinski definition) is 3. The Kier molecular flexibility index (Phi) is 4.55. The number of carbonyl (C=O) groups excluding carboxylic acids is 1. The lowest BCUT2D eigenvalue weighted by Crippen LogP contribution is -2.40. The van der Waals surface area contributed by atoms with Gasteiger partial charge in [0.25, 0.3) is 0 Å². The van der Waals surface area contributed by atoms with E-state index in [1.165, 1.54) is 7.11 Å². The summed E-state index contributed by atoms with van der Waals surface area (Å²) < 4.78 is 40.9. The van der Waals surface area contributed by atoms with Gasteiger partial charge in [-0.3, -0.25) is 4.79 Å². The fraction of sp³-hybridized carbons (Fsp3) is 0.800. The van der Waals surface area contributed by atoms with E-state index in [2.05, 4.69) is 0 Å². The van der Waals surface area contributed by atoms with Gasteiger partial charge in [0.1, 0.15) is 6.04 Å². The molecule has 18 heavy (non-hydrogen) atoms. The Morgan fingerprint density at radius 1 is 1.44 bits per heavy atom. The standard InChI is InChI=1S/C10H14F3NO4/c1-18-6-4-7(9(16)17)14(5-6)8(15)2-3-10(11,12)13/h6-7H,2-5H2,1H3,(H,16,17). The first kappa shape index (κ1) is 14.7. The molecule has 1 saturated heterocycles. The highest BCUT2D eigenvalue weighted by Gasteiger charge is 2.40. The van der Waals surface area contributed by atoms with Crippen LogP contribution in [0.15, 0.2) is 0 Å². The molecule has 1 amide bonds. The maximum absolute atomic E-state index is 12.0. The van der Waals surface area contributed by atoms with Crippen LogP contribution < -0.4 is 0 Å². The minimum absolute atomic E-state index is 0.0180. The number of nitrogens with zero attached hydrogens (tertiary/aromatic N) is 1. The monoisotopic (exact) mass is 269 g/mol. The summed E-state index contributed by atoms with van der Waals surface area (Å²) >= 11 is 0. The molecule has 1 aliphatic rings. The van der Waals surface area contributed by atoms with Gasteiger partial charge in [0.05, 0.1) is 12.5 Å². The van der Waals surface area contributed by atoms with Crippen LogP contribution >= 0.6 is 0 Å². The number of amides is 1. The van der Waals surface area contributed by atoms with Crippen molar-refractivity contribution in [1.82, 2.24) is 4.90 Å². The third-order valence-electron chi connectivity index (χ3n) is 2.82. The van der Waals surface area contributed by atoms with Gasteiger partial charge in [0.15, 0.2) is 0 Å². The zero-order valence-corrected chi connectivity index (χ0v) is 9.74. The number of alkyl halides is 3. The number of carboxylic acids is 1. The molecule has 2 atom stereocenters. The molecule has 0 saturated carbocycles. The molecule has 2 unspecified atom stereocenters. The molecule has 0 aromatic carbocycles. The highest BCUT2D eigenvalue weighted by molar-refractivity contribution is 5.84. The first-order valence-electron chi connectivity index (χ1n) is 5.36. The molecule has 1 rings (SSSR count). The third-order valence-corrected chi connectivity index (χ3v) is 2.82. The van der Waals surface area contributed by atoms with E-state index in [1.807, 2.05) is 0 Å². The van der Waals surface area contributed by atoms with Gasteiger partial charge in [-0.25, -0.2) is 4.79 Å². The highest BCUT2D eigenvalue weighted by Crippen LogP contribution is 2.25. The molecule has 1 fully saturated rings. The number of methoxy groups -OCH3 is 1. The summed E-state index contributed by atoms with van der Waals surface area (Å²) in [6.07, 6.45) is -6.74. The van der Waals surface area contributed by atoms with Crippen molar-refractivity contribution in [3.63, 3.8) is 0 Å². The lowest BCUT2D eigenvalue weighted by molar-refractivity contribution is -0.154. The van der Waals surface area contributed by atoms with Gasteiger partial charge in [0, 0.05) is 26.5 Å². The second-order valence-corrected chi connectivity index (χ2v) is 4.11. The number of rotatable bonds is 4. The van der Waals surface area contributed by atoms with Crippen molar-refractivity contribution < 1.29 is 32.6 Å². The van der Waals surface area contributed by atoms with E-state index in [4.69, 9.17) is 9.84 Å². The van der Waals surface area contributed by atoms with Crippen molar-refractivity contribution in [2.45, 2.75) is 37.6 Å². The number of hydrogen-bond donors (Lipinski definition) is 1. The van der Waals surface area contributed by atoms with Crippen LogP contribution in [0.5, 0.6) is 0 Å². The van der Waals surface area contributed by atoms with Gasteiger partial charge < -0.3 is 14.7 Å². The summed E-state index contributed by atoms with van der Waals surface area (Å²) in [7, 11) is 1.37. The summed E-state index contributed by atoms with van der Waals surface area (Å²) in [6.45, 7) is 0.0180. The van der Waals surface area contributed by atoms with Crippen LogP contribution in [0.25, 0.3) is 0 Å². The molecule has 1 heterocycles. The van der Waals surface area contributed by atoms with Gasteiger partial charge in [0.2, 0.25) is 5.91 Å². The van der Waals surface area contributed by atoms with Gasteiger partial charge in [-0.05, 0) is 0 Å². The minimum Gasteiger partial charge on any atom is -0.480 e. The molecule has 0 radical (unpaired) electrons. The number of carboxylic acid groups (broad SMARTS) is 1. The van der Waals surface area contributed by atoms with Crippen LogP contribution in [-0.4, -0.2) is 53.9 Å². The van der Waals surface area contributed by atoms with Crippen molar-refractivity contribution in [3.05, 3.63) is 0 Å². The van der Waals surface area contributed by atoms with Gasteiger partial charge in [-0.15, -0.1) is 0 Å². The summed E-state index contributed by atoms with van der Waals surface area (Å²) in [5, 5.41) is 8.90. The van der Waals surface area contributed by atoms with E-state index in [1.54, 1.807) is 0 Å². The lowest BCUT2D eigenvalue weighted by Gasteiger charge is -2.21. The predicted octanol–water partition coefficient (Wildman–Crippen LogP) is 1.03. The molecule has 0 aromatic rings. The van der Waals surface area contributed by atoms with E-state index in [0.717, 1.165) is 4.90 Å². The molecule has 0 spiro atoms. The Hall–Kier alpha value is -1.31. The van der Waals surface area contributed by atoms with E-state index >= 15 is 0 Å². The zero-order chi connectivity index (χ0) is 13.9. The average Bonchev–Trinajstić information content (AvgIpc) is 2.69. The minimum atomic E-state index is -4.42. The quantitative estimate of drug-likeness (QED) is 0.827. The molecule has 0 aromatic heterocycles. The second kappa shape index (κ2) is 5.55. The van der Waals surface area contributed by atoms with Gasteiger partial charge in [-0.1, -0.05) is 0 Å². The molecular formula is C10H14F3NO4. The Bertz CT molecular complexity index is 332. The molecule has 8 heteroatoms. The van der Waals surface area contributed by atoms with Gasteiger partial charge >= 0.3 is 12.1 Å².